The monoisotopic (exact) mass is 651 g/mol. The molecule has 46 heavy (non-hydrogen) atoms. The fourth-order valence-corrected chi connectivity index (χ4v) is 7.10. The highest BCUT2D eigenvalue weighted by atomic mass is 32.1. The number of halogens is 4. The summed E-state index contributed by atoms with van der Waals surface area (Å²) in [5.74, 6) is -1.09. The molecule has 0 saturated carbocycles. The second-order valence-corrected chi connectivity index (χ2v) is 12.4. The number of thiophene rings is 1. The van der Waals surface area contributed by atoms with Gasteiger partial charge in [-0.15, -0.1) is 11.3 Å². The third-order valence-corrected chi connectivity index (χ3v) is 9.65. The van der Waals surface area contributed by atoms with Crippen LogP contribution < -0.4 is 21.9 Å². The van der Waals surface area contributed by atoms with Gasteiger partial charge in [-0.05, 0) is 47.0 Å². The van der Waals surface area contributed by atoms with Crippen LogP contribution in [0, 0.1) is 12.7 Å². The lowest BCUT2D eigenvalue weighted by molar-refractivity contribution is -0.138. The molecule has 0 radical (unpaired) electrons. The maximum atomic E-state index is 15.0. The highest BCUT2D eigenvalue weighted by Gasteiger charge is 2.35. The second-order valence-electron chi connectivity index (χ2n) is 11.5. The van der Waals surface area contributed by atoms with Crippen molar-refractivity contribution in [2.45, 2.75) is 38.8 Å². The lowest BCUT2D eigenvalue weighted by Crippen LogP contribution is -2.51. The number of hydrogen-bond donors (Lipinski definition) is 1. The summed E-state index contributed by atoms with van der Waals surface area (Å²) in [7, 11) is 0. The fourth-order valence-electron chi connectivity index (χ4n) is 6.19. The number of benzene rings is 3. The van der Waals surface area contributed by atoms with E-state index in [1.54, 1.807) is 35.6 Å². The SMILES string of the molecule is Cc1c(N2CCN(Cc3cccc4ccsc34)CC2)c(=O)n(C[C@H](N)c2ccccc2)c(=O)n1Cc1c(F)cccc1C(F)(F)F. The van der Waals surface area contributed by atoms with Crippen molar-refractivity contribution in [2.75, 3.05) is 31.1 Å². The molecule has 0 aliphatic carbocycles. The van der Waals surface area contributed by atoms with Crippen molar-refractivity contribution in [1.29, 1.82) is 0 Å². The number of anilines is 1. The van der Waals surface area contributed by atoms with Gasteiger partial charge in [0.15, 0.2) is 0 Å². The van der Waals surface area contributed by atoms with Crippen LogP contribution in [0.4, 0.5) is 23.2 Å². The molecule has 0 spiro atoms. The van der Waals surface area contributed by atoms with Gasteiger partial charge in [0.2, 0.25) is 0 Å². The van der Waals surface area contributed by atoms with Crippen LogP contribution in [-0.2, 0) is 25.8 Å². The molecule has 1 atom stereocenters. The summed E-state index contributed by atoms with van der Waals surface area (Å²) in [5, 5.41) is 3.26. The standard InChI is InChI=1S/C34H33F4N5O2S/c1-22-30(41-16-14-40(15-17-41)19-25-10-5-9-24-13-18-46-31(24)25)32(44)43(21-29(39)23-7-3-2-4-8-23)33(45)42(22)20-26-27(34(36,37)38)11-6-12-28(26)35/h2-13,18,29H,14-17,19-21,39H2,1H3/t29-/m0/s1. The van der Waals surface area contributed by atoms with E-state index < -0.39 is 47.0 Å². The summed E-state index contributed by atoms with van der Waals surface area (Å²) < 4.78 is 60.0. The van der Waals surface area contributed by atoms with Gasteiger partial charge in [0, 0.05) is 54.7 Å². The van der Waals surface area contributed by atoms with Gasteiger partial charge in [0.1, 0.15) is 11.5 Å². The quantitative estimate of drug-likeness (QED) is 0.216. The Hall–Kier alpha value is -4.26. The molecule has 2 aromatic heterocycles. The number of nitrogens with zero attached hydrogens (tertiary/aromatic N) is 4. The van der Waals surface area contributed by atoms with Gasteiger partial charge in [-0.25, -0.2) is 9.18 Å². The zero-order chi connectivity index (χ0) is 32.6. The van der Waals surface area contributed by atoms with Crippen LogP contribution in [0.25, 0.3) is 10.1 Å². The molecule has 1 saturated heterocycles. The minimum Gasteiger partial charge on any atom is -0.363 e. The summed E-state index contributed by atoms with van der Waals surface area (Å²) in [6.45, 7) is 3.49. The Morgan fingerprint density at radius 2 is 1.59 bits per heavy atom. The van der Waals surface area contributed by atoms with Gasteiger partial charge < -0.3 is 10.6 Å². The van der Waals surface area contributed by atoms with E-state index in [0.29, 0.717) is 31.7 Å². The molecule has 7 nitrogen and oxygen atoms in total. The Kier molecular flexibility index (Phi) is 8.86. The largest absolute Gasteiger partial charge is 0.416 e. The number of aromatic nitrogens is 2. The van der Waals surface area contributed by atoms with Crippen molar-refractivity contribution in [2.24, 2.45) is 5.73 Å². The molecule has 1 aliphatic heterocycles. The van der Waals surface area contributed by atoms with E-state index in [9.17, 15) is 27.2 Å². The van der Waals surface area contributed by atoms with Crippen LogP contribution in [0.2, 0.25) is 0 Å². The molecule has 1 aliphatic rings. The van der Waals surface area contributed by atoms with Gasteiger partial charge in [-0.3, -0.25) is 18.8 Å². The van der Waals surface area contributed by atoms with Crippen molar-refractivity contribution < 1.29 is 17.6 Å². The Balaban J connectivity index is 1.36. The van der Waals surface area contributed by atoms with E-state index in [2.05, 4.69) is 28.5 Å². The van der Waals surface area contributed by atoms with Gasteiger partial charge >= 0.3 is 11.9 Å². The Morgan fingerprint density at radius 1 is 0.870 bits per heavy atom. The summed E-state index contributed by atoms with van der Waals surface area (Å²) in [4.78, 5) is 32.1. The number of fused-ring (bicyclic) bond motifs is 1. The first-order valence-electron chi connectivity index (χ1n) is 14.9. The Morgan fingerprint density at radius 3 is 2.30 bits per heavy atom. The first-order chi connectivity index (χ1) is 22.0. The Bertz CT molecular complexity index is 1980. The zero-order valence-electron chi connectivity index (χ0n) is 25.1. The predicted molar refractivity (Wildman–Crippen MR) is 173 cm³/mol. The molecule has 1 fully saturated rings. The number of nitrogens with two attached hydrogens (primary N) is 1. The maximum Gasteiger partial charge on any atom is 0.416 e. The molecular formula is C34H33F4N5O2S. The van der Waals surface area contributed by atoms with Crippen molar-refractivity contribution in [3.8, 4) is 0 Å². The van der Waals surface area contributed by atoms with Gasteiger partial charge in [-0.2, -0.15) is 13.2 Å². The zero-order valence-corrected chi connectivity index (χ0v) is 26.0. The number of alkyl halides is 3. The van der Waals surface area contributed by atoms with E-state index >= 15 is 0 Å². The average molecular weight is 652 g/mol. The molecule has 240 valence electrons. The first kappa shape index (κ1) is 31.7. The molecule has 5 aromatic rings. The minimum atomic E-state index is -4.84. The van der Waals surface area contributed by atoms with Crippen molar-refractivity contribution in [3.63, 3.8) is 0 Å². The van der Waals surface area contributed by atoms with E-state index in [-0.39, 0.29) is 17.9 Å². The summed E-state index contributed by atoms with van der Waals surface area (Å²) in [6.07, 6.45) is -4.84. The van der Waals surface area contributed by atoms with Gasteiger partial charge in [0.25, 0.3) is 5.56 Å². The van der Waals surface area contributed by atoms with Crippen molar-refractivity contribution in [1.82, 2.24) is 14.0 Å². The molecule has 2 N–H and O–H groups in total. The smallest absolute Gasteiger partial charge is 0.363 e. The van der Waals surface area contributed by atoms with E-state index in [4.69, 9.17) is 5.73 Å². The molecule has 3 heterocycles. The fraction of sp³-hybridized carbons (Fsp3) is 0.294. The third kappa shape index (κ3) is 6.24. The van der Waals surface area contributed by atoms with Crippen LogP contribution in [-0.4, -0.2) is 40.2 Å². The number of piperazine rings is 1. The average Bonchev–Trinajstić information content (AvgIpc) is 3.53. The minimum absolute atomic E-state index is 0.174. The first-order valence-corrected chi connectivity index (χ1v) is 15.8. The molecule has 3 aromatic carbocycles. The normalized spacial score (nSPS) is 15.0. The lowest BCUT2D eigenvalue weighted by Gasteiger charge is -2.37. The molecule has 0 bridgehead atoms. The third-order valence-electron chi connectivity index (χ3n) is 8.65. The molecule has 0 unspecified atom stereocenters. The molecular weight excluding hydrogens is 618 g/mol. The number of rotatable bonds is 8. The van der Waals surface area contributed by atoms with E-state index in [1.165, 1.54) is 22.6 Å². The van der Waals surface area contributed by atoms with E-state index in [1.807, 2.05) is 17.0 Å². The second kappa shape index (κ2) is 12.9. The highest BCUT2D eigenvalue weighted by Crippen LogP contribution is 2.34. The van der Waals surface area contributed by atoms with Crippen LogP contribution in [0.3, 0.4) is 0 Å². The van der Waals surface area contributed by atoms with Crippen LogP contribution >= 0.6 is 11.3 Å². The van der Waals surface area contributed by atoms with Crippen LogP contribution in [0.1, 0.15) is 34.0 Å². The molecule has 12 heteroatoms. The van der Waals surface area contributed by atoms with Gasteiger partial charge in [0.05, 0.1) is 18.7 Å². The number of hydrogen-bond acceptors (Lipinski definition) is 6. The van der Waals surface area contributed by atoms with Crippen molar-refractivity contribution in [3.05, 3.63) is 133 Å². The summed E-state index contributed by atoms with van der Waals surface area (Å²) in [5.41, 5.74) is 5.43. The van der Waals surface area contributed by atoms with Crippen LogP contribution in [0.15, 0.2) is 87.8 Å². The summed E-state index contributed by atoms with van der Waals surface area (Å²) >= 11 is 1.69. The summed E-state index contributed by atoms with van der Waals surface area (Å²) in [6, 6.07) is 19.2. The lowest BCUT2D eigenvalue weighted by atomic mass is 10.1. The van der Waals surface area contributed by atoms with Crippen molar-refractivity contribution >= 4 is 27.1 Å². The predicted octanol–water partition coefficient (Wildman–Crippen LogP) is 5.76. The molecule has 6 rings (SSSR count). The molecule has 0 amide bonds. The van der Waals surface area contributed by atoms with E-state index in [0.717, 1.165) is 33.9 Å². The highest BCUT2D eigenvalue weighted by molar-refractivity contribution is 7.17. The van der Waals surface area contributed by atoms with Crippen LogP contribution in [0.5, 0.6) is 0 Å². The topological polar surface area (TPSA) is 76.5 Å². The van der Waals surface area contributed by atoms with Gasteiger partial charge in [-0.1, -0.05) is 54.6 Å². The maximum absolute atomic E-state index is 15.0. The Labute approximate surface area is 266 Å².